The van der Waals surface area contributed by atoms with E-state index in [-0.39, 0.29) is 19.6 Å². The highest BCUT2D eigenvalue weighted by Gasteiger charge is 2.47. The lowest BCUT2D eigenvalue weighted by molar-refractivity contribution is -0.332. The molecule has 0 bridgehead atoms. The van der Waals surface area contributed by atoms with Crippen molar-refractivity contribution in [1.29, 1.82) is 0 Å². The number of hydrogen-bond acceptors (Lipinski definition) is 14. The van der Waals surface area contributed by atoms with E-state index < -0.39 is 86.7 Å². The van der Waals surface area contributed by atoms with Crippen LogP contribution in [0.2, 0.25) is 0 Å². The average Bonchev–Trinajstić information content (AvgIpc) is 3.41. The zero-order valence-corrected chi connectivity index (χ0v) is 46.0. The monoisotopic (exact) mass is 1060 g/mol. The number of unbranched alkanes of at least 4 members (excludes halogenated alkanes) is 15. The summed E-state index contributed by atoms with van der Waals surface area (Å²) in [6.07, 6.45) is 46.1. The molecule has 0 saturated carbocycles. The number of carbonyl (C=O) groups is 1. The molecular weight excluding hydrogens is 957 g/mol. The second kappa shape index (κ2) is 47.0. The zero-order valence-electron chi connectivity index (χ0n) is 46.0. The summed E-state index contributed by atoms with van der Waals surface area (Å²) in [4.78, 5) is 13.1. The molecule has 11 unspecified atom stereocenters. The molecule has 2 aliphatic rings. The molecule has 2 heterocycles. The Bertz CT molecular complexity index is 1610. The molecule has 7 N–H and O–H groups in total. The Morgan fingerprint density at radius 1 is 0.440 bits per heavy atom. The van der Waals surface area contributed by atoms with Gasteiger partial charge in [0.25, 0.3) is 0 Å². The lowest BCUT2D eigenvalue weighted by atomic mass is 9.98. The van der Waals surface area contributed by atoms with Crippen molar-refractivity contribution in [3.05, 3.63) is 97.2 Å². The highest BCUT2D eigenvalue weighted by atomic mass is 16.7. The maximum absolute atomic E-state index is 13.1. The van der Waals surface area contributed by atoms with E-state index in [1.807, 2.05) is 0 Å². The van der Waals surface area contributed by atoms with E-state index in [0.717, 1.165) is 103 Å². The molecule has 14 nitrogen and oxygen atoms in total. The van der Waals surface area contributed by atoms with Crippen molar-refractivity contribution >= 4 is 5.97 Å². The Hall–Kier alpha value is -3.09. The van der Waals surface area contributed by atoms with Gasteiger partial charge in [0.1, 0.15) is 54.9 Å². The molecule has 0 aromatic heterocycles. The fourth-order valence-electron chi connectivity index (χ4n) is 8.50. The molecule has 0 aromatic rings. The van der Waals surface area contributed by atoms with Crippen molar-refractivity contribution in [1.82, 2.24) is 0 Å². The molecule has 0 amide bonds. The van der Waals surface area contributed by atoms with Gasteiger partial charge in [-0.1, -0.05) is 182 Å². The van der Waals surface area contributed by atoms with Crippen LogP contribution in [-0.2, 0) is 33.2 Å². The first kappa shape index (κ1) is 68.0. The number of carbonyl (C=O) groups excluding carboxylic acids is 1. The maximum atomic E-state index is 13.1. The summed E-state index contributed by atoms with van der Waals surface area (Å²) in [7, 11) is 0. The summed E-state index contributed by atoms with van der Waals surface area (Å²) in [5, 5.41) is 72.3. The third kappa shape index (κ3) is 33.7. The number of hydrogen-bond donors (Lipinski definition) is 7. The highest BCUT2D eigenvalue weighted by Crippen LogP contribution is 2.26. The lowest BCUT2D eigenvalue weighted by Crippen LogP contribution is -2.61. The largest absolute Gasteiger partial charge is 0.457 e. The van der Waals surface area contributed by atoms with Gasteiger partial charge in [0.15, 0.2) is 12.6 Å². The standard InChI is InChI=1S/C61H102O14/c1-3-5-7-9-11-13-15-17-19-21-22-23-24-25-26-27-28-29-30-32-34-36-38-40-42-44-53(63)73-50(47-70-45-43-41-39-37-35-33-31-20-18-16-14-12-10-8-6-4-2)48-71-60-59(69)57(67)55(65)52(75-60)49-72-61-58(68)56(66)54(64)51(46-62)74-61/h5-8,11-14,17-20,22-23,33,35,50-52,54-62,64-69H,3-4,9-10,15-16,21,24-32,34,36-49H2,1-2H3/b7-5-,8-6-,13-11-,14-12-,19-17-,20-18-,23-22-,35-33-. The summed E-state index contributed by atoms with van der Waals surface area (Å²) in [5.74, 6) is -0.394. The molecule has 2 saturated heterocycles. The van der Waals surface area contributed by atoms with E-state index in [9.17, 15) is 40.5 Å². The summed E-state index contributed by atoms with van der Waals surface area (Å²) in [6.45, 7) is 3.37. The van der Waals surface area contributed by atoms with Crippen molar-refractivity contribution in [2.45, 2.75) is 248 Å². The third-order valence-corrected chi connectivity index (χ3v) is 13.1. The van der Waals surface area contributed by atoms with Crippen LogP contribution in [0.15, 0.2) is 97.2 Å². The van der Waals surface area contributed by atoms with Crippen LogP contribution in [0.1, 0.15) is 181 Å². The Morgan fingerprint density at radius 2 is 0.827 bits per heavy atom. The fourth-order valence-corrected chi connectivity index (χ4v) is 8.50. The van der Waals surface area contributed by atoms with Crippen LogP contribution in [0, 0.1) is 0 Å². The molecule has 2 fully saturated rings. The first-order chi connectivity index (χ1) is 36.6. The van der Waals surface area contributed by atoms with Gasteiger partial charge in [0.2, 0.25) is 0 Å². The Balaban J connectivity index is 1.71. The molecule has 2 rings (SSSR count). The zero-order chi connectivity index (χ0) is 54.4. The van der Waals surface area contributed by atoms with Gasteiger partial charge >= 0.3 is 5.97 Å². The lowest BCUT2D eigenvalue weighted by Gasteiger charge is -2.42. The molecular formula is C61H102O14. The smallest absolute Gasteiger partial charge is 0.306 e. The molecule has 0 aliphatic carbocycles. The van der Waals surface area contributed by atoms with Crippen LogP contribution in [0.5, 0.6) is 0 Å². The van der Waals surface area contributed by atoms with Gasteiger partial charge in [0.05, 0.1) is 26.4 Å². The van der Waals surface area contributed by atoms with E-state index in [2.05, 4.69) is 111 Å². The normalized spacial score (nSPS) is 25.3. The van der Waals surface area contributed by atoms with Crippen molar-refractivity contribution < 1.29 is 69.0 Å². The van der Waals surface area contributed by atoms with Crippen molar-refractivity contribution in [2.75, 3.05) is 33.0 Å². The third-order valence-electron chi connectivity index (χ3n) is 13.1. The van der Waals surface area contributed by atoms with Gasteiger partial charge < -0.3 is 64.2 Å². The number of allylic oxidation sites excluding steroid dienone is 16. The van der Waals surface area contributed by atoms with E-state index in [4.69, 9.17) is 28.4 Å². The number of ether oxygens (including phenoxy) is 6. The molecule has 430 valence electrons. The molecule has 14 heteroatoms. The quantitative estimate of drug-likeness (QED) is 0.0172. The highest BCUT2D eigenvalue weighted by molar-refractivity contribution is 5.69. The summed E-state index contributed by atoms with van der Waals surface area (Å²) < 4.78 is 34.3. The molecule has 11 atom stereocenters. The summed E-state index contributed by atoms with van der Waals surface area (Å²) in [5.41, 5.74) is 0. The van der Waals surface area contributed by atoms with Crippen molar-refractivity contribution in [3.8, 4) is 0 Å². The van der Waals surface area contributed by atoms with Gasteiger partial charge in [-0.25, -0.2) is 0 Å². The van der Waals surface area contributed by atoms with Gasteiger partial charge in [-0.2, -0.15) is 0 Å². The van der Waals surface area contributed by atoms with Gasteiger partial charge in [-0.15, -0.1) is 0 Å². The van der Waals surface area contributed by atoms with Gasteiger partial charge in [0, 0.05) is 13.0 Å². The van der Waals surface area contributed by atoms with Crippen LogP contribution < -0.4 is 0 Å². The second-order valence-electron chi connectivity index (χ2n) is 19.7. The van der Waals surface area contributed by atoms with E-state index in [1.54, 1.807) is 0 Å². The molecule has 0 radical (unpaired) electrons. The van der Waals surface area contributed by atoms with E-state index in [0.29, 0.717) is 13.0 Å². The van der Waals surface area contributed by atoms with Crippen LogP contribution in [0.3, 0.4) is 0 Å². The molecule has 0 aromatic carbocycles. The molecule has 75 heavy (non-hydrogen) atoms. The second-order valence-corrected chi connectivity index (χ2v) is 19.7. The topological polar surface area (TPSA) is 214 Å². The Morgan fingerprint density at radius 3 is 1.29 bits per heavy atom. The predicted octanol–water partition coefficient (Wildman–Crippen LogP) is 10.2. The van der Waals surface area contributed by atoms with Gasteiger partial charge in [-0.05, 0) is 89.9 Å². The van der Waals surface area contributed by atoms with E-state index in [1.165, 1.54) is 51.4 Å². The first-order valence-electron chi connectivity index (χ1n) is 28.8. The number of aliphatic hydroxyl groups excluding tert-OH is 7. The minimum Gasteiger partial charge on any atom is -0.457 e. The van der Waals surface area contributed by atoms with Crippen LogP contribution in [0.4, 0.5) is 0 Å². The minimum atomic E-state index is -1.72. The van der Waals surface area contributed by atoms with Crippen molar-refractivity contribution in [2.24, 2.45) is 0 Å². The Kier molecular flexibility index (Phi) is 42.6. The molecule has 2 aliphatic heterocycles. The molecule has 0 spiro atoms. The van der Waals surface area contributed by atoms with Crippen LogP contribution in [-0.4, -0.2) is 142 Å². The van der Waals surface area contributed by atoms with Crippen LogP contribution in [0.25, 0.3) is 0 Å². The number of esters is 1. The van der Waals surface area contributed by atoms with Gasteiger partial charge in [-0.3, -0.25) is 4.79 Å². The van der Waals surface area contributed by atoms with E-state index >= 15 is 0 Å². The SMILES string of the molecule is CC/C=C\C/C=C\C/C=C\C/C=C\CCCCCCCCCCCCCCC(=O)OC(COCCCCC/C=C\C/C=C\C/C=C\C/C=C\CC)COC1OC(COC2OC(CO)C(O)C(O)C2O)C(O)C(O)C1O. The van der Waals surface area contributed by atoms with Crippen molar-refractivity contribution in [3.63, 3.8) is 0 Å². The Labute approximate surface area is 452 Å². The number of aliphatic hydroxyl groups is 7. The fraction of sp³-hybridized carbons (Fsp3) is 0.721. The summed E-state index contributed by atoms with van der Waals surface area (Å²) in [6, 6.07) is 0. The maximum Gasteiger partial charge on any atom is 0.306 e. The first-order valence-corrected chi connectivity index (χ1v) is 28.8. The summed E-state index contributed by atoms with van der Waals surface area (Å²) >= 11 is 0. The average molecular weight is 1060 g/mol. The number of rotatable bonds is 45. The predicted molar refractivity (Wildman–Crippen MR) is 298 cm³/mol. The minimum absolute atomic E-state index is 0.0340. The van der Waals surface area contributed by atoms with Crippen LogP contribution >= 0.6 is 0 Å².